The molecule has 3 rings (SSSR count). The van der Waals surface area contributed by atoms with Gasteiger partial charge in [-0.15, -0.1) is 11.3 Å². The van der Waals surface area contributed by atoms with E-state index in [4.69, 9.17) is 0 Å². The van der Waals surface area contributed by atoms with E-state index >= 15 is 0 Å². The summed E-state index contributed by atoms with van der Waals surface area (Å²) in [6, 6.07) is 23.9. The zero-order valence-electron chi connectivity index (χ0n) is 11.7. The molecule has 2 aromatic carbocycles. The van der Waals surface area contributed by atoms with Crippen molar-refractivity contribution in [3.63, 3.8) is 0 Å². The topological polar surface area (TPSA) is 0 Å². The molecule has 100 valence electrons. The van der Waals surface area contributed by atoms with E-state index in [0.717, 1.165) is 12.8 Å². The summed E-state index contributed by atoms with van der Waals surface area (Å²) in [5.74, 6) is 0. The first kappa shape index (κ1) is 13.1. The summed E-state index contributed by atoms with van der Waals surface area (Å²) >= 11 is 1.88. The van der Waals surface area contributed by atoms with Crippen LogP contribution in [0.1, 0.15) is 16.0 Å². The number of benzene rings is 2. The SMILES string of the molecule is Cc1ccc(-c2ccccc2CCc2ccccc2)s1. The fraction of sp³-hybridized carbons (Fsp3) is 0.158. The van der Waals surface area contributed by atoms with E-state index in [2.05, 4.69) is 73.7 Å². The van der Waals surface area contributed by atoms with Gasteiger partial charge in [0.15, 0.2) is 0 Å². The lowest BCUT2D eigenvalue weighted by molar-refractivity contribution is 0.963. The molecule has 1 heteroatoms. The first-order valence-electron chi connectivity index (χ1n) is 7.01. The van der Waals surface area contributed by atoms with E-state index in [-0.39, 0.29) is 0 Å². The molecule has 0 unspecified atom stereocenters. The number of hydrogen-bond acceptors (Lipinski definition) is 1. The van der Waals surface area contributed by atoms with E-state index in [1.807, 2.05) is 11.3 Å². The molecule has 0 aliphatic heterocycles. The van der Waals surface area contributed by atoms with Crippen molar-refractivity contribution in [2.45, 2.75) is 19.8 Å². The largest absolute Gasteiger partial charge is 0.141 e. The Balaban J connectivity index is 1.83. The molecule has 0 saturated heterocycles. The Morgan fingerprint density at radius 1 is 0.750 bits per heavy atom. The molecule has 0 atom stereocenters. The van der Waals surface area contributed by atoms with Crippen molar-refractivity contribution in [3.8, 4) is 10.4 Å². The highest BCUT2D eigenvalue weighted by Gasteiger charge is 2.06. The summed E-state index contributed by atoms with van der Waals surface area (Å²) < 4.78 is 0. The highest BCUT2D eigenvalue weighted by atomic mass is 32.1. The molecule has 1 aromatic heterocycles. The van der Waals surface area contributed by atoms with E-state index in [1.165, 1.54) is 26.4 Å². The van der Waals surface area contributed by atoms with Gasteiger partial charge < -0.3 is 0 Å². The summed E-state index contributed by atoms with van der Waals surface area (Å²) in [4.78, 5) is 2.75. The lowest BCUT2D eigenvalue weighted by Crippen LogP contribution is -1.93. The average Bonchev–Trinajstić information content (AvgIpc) is 2.93. The van der Waals surface area contributed by atoms with Crippen molar-refractivity contribution < 1.29 is 0 Å². The molecule has 0 nitrogen and oxygen atoms in total. The first-order valence-corrected chi connectivity index (χ1v) is 7.83. The van der Waals surface area contributed by atoms with Gasteiger partial charge in [-0.3, -0.25) is 0 Å². The molecule has 0 N–H and O–H groups in total. The van der Waals surface area contributed by atoms with E-state index in [0.29, 0.717) is 0 Å². The lowest BCUT2D eigenvalue weighted by Gasteiger charge is -2.08. The summed E-state index contributed by atoms with van der Waals surface area (Å²) in [5.41, 5.74) is 4.24. The van der Waals surface area contributed by atoms with Crippen LogP contribution in [0.15, 0.2) is 66.7 Å². The summed E-state index contributed by atoms with van der Waals surface area (Å²) in [5, 5.41) is 0. The van der Waals surface area contributed by atoms with Gasteiger partial charge in [0.05, 0.1) is 0 Å². The van der Waals surface area contributed by atoms with Crippen LogP contribution in [0.4, 0.5) is 0 Å². The zero-order valence-corrected chi connectivity index (χ0v) is 12.5. The van der Waals surface area contributed by atoms with Gasteiger partial charge in [-0.25, -0.2) is 0 Å². The maximum Gasteiger partial charge on any atom is 0.0348 e. The molecule has 20 heavy (non-hydrogen) atoms. The van der Waals surface area contributed by atoms with Crippen LogP contribution < -0.4 is 0 Å². The quantitative estimate of drug-likeness (QED) is 0.590. The molecule has 0 amide bonds. The lowest BCUT2D eigenvalue weighted by atomic mass is 9.99. The summed E-state index contributed by atoms with van der Waals surface area (Å²) in [6.07, 6.45) is 2.19. The standard InChI is InChI=1S/C19H18S/c1-15-11-14-19(20-15)18-10-6-5-9-17(18)13-12-16-7-3-2-4-8-16/h2-11,14H,12-13H2,1H3. The molecule has 0 spiro atoms. The highest BCUT2D eigenvalue weighted by Crippen LogP contribution is 2.30. The third kappa shape index (κ3) is 3.00. The minimum Gasteiger partial charge on any atom is -0.141 e. The van der Waals surface area contributed by atoms with Crippen molar-refractivity contribution in [3.05, 3.63) is 82.7 Å². The predicted molar refractivity (Wildman–Crippen MR) is 88.3 cm³/mol. The summed E-state index contributed by atoms with van der Waals surface area (Å²) in [7, 11) is 0. The second-order valence-corrected chi connectivity index (χ2v) is 6.34. The molecule has 0 fully saturated rings. The Labute approximate surface area is 124 Å². The Kier molecular flexibility index (Phi) is 3.98. The van der Waals surface area contributed by atoms with Crippen LogP contribution in [0.5, 0.6) is 0 Å². The van der Waals surface area contributed by atoms with Gasteiger partial charge in [-0.1, -0.05) is 54.6 Å². The third-order valence-electron chi connectivity index (χ3n) is 3.55. The second-order valence-electron chi connectivity index (χ2n) is 5.05. The Morgan fingerprint density at radius 3 is 2.25 bits per heavy atom. The smallest absolute Gasteiger partial charge is 0.0348 e. The molecule has 3 aromatic rings. The number of rotatable bonds is 4. The summed E-state index contributed by atoms with van der Waals surface area (Å²) in [6.45, 7) is 2.17. The Bertz CT molecular complexity index is 680. The van der Waals surface area contributed by atoms with E-state index < -0.39 is 0 Å². The molecule has 1 heterocycles. The fourth-order valence-electron chi connectivity index (χ4n) is 2.48. The number of thiophene rings is 1. The van der Waals surface area contributed by atoms with Gasteiger partial charge in [0.1, 0.15) is 0 Å². The average molecular weight is 278 g/mol. The molecule has 0 radical (unpaired) electrons. The second kappa shape index (κ2) is 6.06. The molecule has 0 saturated carbocycles. The minimum absolute atomic E-state index is 1.09. The highest BCUT2D eigenvalue weighted by molar-refractivity contribution is 7.15. The van der Waals surface area contributed by atoms with E-state index in [9.17, 15) is 0 Å². The van der Waals surface area contributed by atoms with Gasteiger partial charge in [-0.2, -0.15) is 0 Å². The molecule has 0 aliphatic carbocycles. The van der Waals surface area contributed by atoms with Crippen LogP contribution in [0.2, 0.25) is 0 Å². The van der Waals surface area contributed by atoms with E-state index in [1.54, 1.807) is 0 Å². The van der Waals surface area contributed by atoms with Gasteiger partial charge in [0, 0.05) is 9.75 Å². The van der Waals surface area contributed by atoms with Crippen molar-refractivity contribution >= 4 is 11.3 Å². The Morgan fingerprint density at radius 2 is 1.50 bits per heavy atom. The van der Waals surface area contributed by atoms with Crippen molar-refractivity contribution in [1.29, 1.82) is 0 Å². The minimum atomic E-state index is 1.09. The monoisotopic (exact) mass is 278 g/mol. The van der Waals surface area contributed by atoms with Crippen LogP contribution in [0.25, 0.3) is 10.4 Å². The van der Waals surface area contributed by atoms with Crippen LogP contribution in [0, 0.1) is 6.92 Å². The molecular formula is C19H18S. The van der Waals surface area contributed by atoms with Crippen LogP contribution >= 0.6 is 11.3 Å². The van der Waals surface area contributed by atoms with Crippen molar-refractivity contribution in [2.75, 3.05) is 0 Å². The van der Waals surface area contributed by atoms with Crippen molar-refractivity contribution in [2.24, 2.45) is 0 Å². The fourth-order valence-corrected chi connectivity index (χ4v) is 3.41. The number of hydrogen-bond donors (Lipinski definition) is 0. The van der Waals surface area contributed by atoms with Gasteiger partial charge in [-0.05, 0) is 48.6 Å². The molecule has 0 bridgehead atoms. The number of aryl methyl sites for hydroxylation is 3. The predicted octanol–water partition coefficient (Wildman–Crippen LogP) is 5.51. The van der Waals surface area contributed by atoms with Gasteiger partial charge in [0.25, 0.3) is 0 Å². The van der Waals surface area contributed by atoms with Gasteiger partial charge >= 0.3 is 0 Å². The first-order chi connectivity index (χ1) is 9.83. The maximum atomic E-state index is 2.26. The normalized spacial score (nSPS) is 10.7. The maximum absolute atomic E-state index is 2.26. The Hall–Kier alpha value is -1.86. The van der Waals surface area contributed by atoms with Crippen LogP contribution in [-0.2, 0) is 12.8 Å². The van der Waals surface area contributed by atoms with Crippen LogP contribution in [-0.4, -0.2) is 0 Å². The van der Waals surface area contributed by atoms with Crippen LogP contribution in [0.3, 0.4) is 0 Å². The van der Waals surface area contributed by atoms with Crippen molar-refractivity contribution in [1.82, 2.24) is 0 Å². The third-order valence-corrected chi connectivity index (χ3v) is 4.58. The zero-order chi connectivity index (χ0) is 13.8. The molecule has 0 aliphatic rings. The van der Waals surface area contributed by atoms with Gasteiger partial charge in [0.2, 0.25) is 0 Å². The molecular weight excluding hydrogens is 260 g/mol.